The number of hydrogen-bond acceptors (Lipinski definition) is 5. The van der Waals surface area contributed by atoms with Crippen LogP contribution in [-0.4, -0.2) is 39.9 Å². The zero-order valence-corrected chi connectivity index (χ0v) is 17.4. The molecule has 0 aliphatic carbocycles. The highest BCUT2D eigenvalue weighted by atomic mass is 16.5. The minimum atomic E-state index is -0.155. The van der Waals surface area contributed by atoms with Crippen molar-refractivity contribution in [3.05, 3.63) is 41.5 Å². The first-order valence-corrected chi connectivity index (χ1v) is 9.76. The first-order valence-electron chi connectivity index (χ1n) is 9.76. The summed E-state index contributed by atoms with van der Waals surface area (Å²) >= 11 is 0. The van der Waals surface area contributed by atoms with E-state index in [1.165, 1.54) is 0 Å². The number of nitrogens with zero attached hydrogens (tertiary/aromatic N) is 3. The summed E-state index contributed by atoms with van der Waals surface area (Å²) in [4.78, 5) is 30.6. The number of amides is 2. The molecule has 0 bridgehead atoms. The average Bonchev–Trinajstić information content (AvgIpc) is 3.12. The quantitative estimate of drug-likeness (QED) is 0.745. The maximum atomic E-state index is 12.3. The minimum absolute atomic E-state index is 0.00272. The average molecular weight is 386 g/mol. The maximum absolute atomic E-state index is 12.3. The fraction of sp³-hybridized carbons (Fsp3) is 0.524. The molecule has 28 heavy (non-hydrogen) atoms. The maximum Gasteiger partial charge on any atom is 0.253 e. The summed E-state index contributed by atoms with van der Waals surface area (Å²) in [6.45, 7) is 11.3. The molecular weight excluding hydrogens is 356 g/mol. The van der Waals surface area contributed by atoms with Gasteiger partial charge in [-0.15, -0.1) is 0 Å². The third-order valence-corrected chi connectivity index (χ3v) is 4.40. The first kappa shape index (κ1) is 21.6. The van der Waals surface area contributed by atoms with Crippen LogP contribution < -0.4 is 5.32 Å². The molecule has 0 saturated carbocycles. The van der Waals surface area contributed by atoms with E-state index in [-0.39, 0.29) is 17.2 Å². The lowest BCUT2D eigenvalue weighted by Crippen LogP contribution is -2.30. The van der Waals surface area contributed by atoms with E-state index in [9.17, 15) is 9.59 Å². The number of anilines is 1. The van der Waals surface area contributed by atoms with Crippen LogP contribution in [0.5, 0.6) is 0 Å². The lowest BCUT2D eigenvalue weighted by atomic mass is 9.96. The number of rotatable bonds is 8. The van der Waals surface area contributed by atoms with Crippen LogP contribution in [0.3, 0.4) is 0 Å². The summed E-state index contributed by atoms with van der Waals surface area (Å²) in [7, 11) is 0. The molecule has 7 heteroatoms. The molecule has 0 saturated heterocycles. The Hall–Kier alpha value is -2.70. The second kappa shape index (κ2) is 9.48. The summed E-state index contributed by atoms with van der Waals surface area (Å²) in [5, 5.41) is 6.83. The molecule has 0 atom stereocenters. The van der Waals surface area contributed by atoms with Crippen molar-refractivity contribution in [1.82, 2.24) is 15.0 Å². The van der Waals surface area contributed by atoms with Crippen LogP contribution in [0.1, 0.15) is 69.5 Å². The molecule has 0 aliphatic rings. The van der Waals surface area contributed by atoms with E-state index in [1.807, 2.05) is 34.6 Å². The van der Waals surface area contributed by atoms with E-state index in [2.05, 4.69) is 15.5 Å². The van der Waals surface area contributed by atoms with Crippen LogP contribution in [0.15, 0.2) is 28.8 Å². The Labute approximate surface area is 166 Å². The smallest absolute Gasteiger partial charge is 0.253 e. The number of hydrogen-bond donors (Lipinski definition) is 1. The van der Waals surface area contributed by atoms with Crippen molar-refractivity contribution >= 4 is 17.5 Å². The van der Waals surface area contributed by atoms with Crippen molar-refractivity contribution in [3.8, 4) is 0 Å². The van der Waals surface area contributed by atoms with Crippen molar-refractivity contribution in [2.45, 2.75) is 59.3 Å². The van der Waals surface area contributed by atoms with Crippen LogP contribution in [-0.2, 0) is 16.6 Å². The Kier molecular flexibility index (Phi) is 7.31. The third-order valence-electron chi connectivity index (χ3n) is 4.40. The zero-order chi connectivity index (χ0) is 20.7. The van der Waals surface area contributed by atoms with Gasteiger partial charge < -0.3 is 14.7 Å². The molecule has 0 unspecified atom stereocenters. The van der Waals surface area contributed by atoms with Crippen LogP contribution in [0.25, 0.3) is 0 Å². The van der Waals surface area contributed by atoms with Gasteiger partial charge >= 0.3 is 0 Å². The van der Waals surface area contributed by atoms with E-state index in [0.29, 0.717) is 55.3 Å². The van der Waals surface area contributed by atoms with Gasteiger partial charge in [-0.05, 0) is 44.5 Å². The Bertz CT molecular complexity index is 787. The summed E-state index contributed by atoms with van der Waals surface area (Å²) in [6.07, 6.45) is 1.54. The molecule has 2 aromatic rings. The predicted octanol–water partition coefficient (Wildman–Crippen LogP) is 3.81. The molecule has 1 aromatic carbocycles. The fourth-order valence-corrected chi connectivity index (χ4v) is 2.67. The van der Waals surface area contributed by atoms with Crippen molar-refractivity contribution in [3.63, 3.8) is 0 Å². The Morgan fingerprint density at radius 2 is 1.75 bits per heavy atom. The molecule has 0 radical (unpaired) electrons. The Morgan fingerprint density at radius 3 is 2.29 bits per heavy atom. The van der Waals surface area contributed by atoms with Crippen LogP contribution in [0.4, 0.5) is 5.69 Å². The van der Waals surface area contributed by atoms with Crippen molar-refractivity contribution in [2.75, 3.05) is 18.4 Å². The fourth-order valence-electron chi connectivity index (χ4n) is 2.67. The second-order valence-electron chi connectivity index (χ2n) is 7.72. The number of carbonyl (C=O) groups excluding carboxylic acids is 2. The molecule has 0 spiro atoms. The minimum Gasteiger partial charge on any atom is -0.339 e. The molecule has 1 aromatic heterocycles. The van der Waals surface area contributed by atoms with E-state index >= 15 is 0 Å². The molecule has 1 N–H and O–H groups in total. The first-order chi connectivity index (χ1) is 13.2. The number of nitrogens with one attached hydrogen (secondary N) is 1. The summed E-state index contributed by atoms with van der Waals surface area (Å²) in [5.74, 6) is 1.14. The van der Waals surface area contributed by atoms with Gasteiger partial charge in [0, 0.05) is 42.6 Å². The van der Waals surface area contributed by atoms with Gasteiger partial charge in [-0.1, -0.05) is 25.9 Å². The molecule has 152 valence electrons. The Morgan fingerprint density at radius 1 is 1.11 bits per heavy atom. The summed E-state index contributed by atoms with van der Waals surface area (Å²) in [6, 6.07) is 6.98. The zero-order valence-electron chi connectivity index (χ0n) is 17.4. The summed E-state index contributed by atoms with van der Waals surface area (Å²) in [5.41, 5.74) is 1.14. The van der Waals surface area contributed by atoms with Gasteiger partial charge in [0.05, 0.1) is 0 Å². The van der Waals surface area contributed by atoms with Gasteiger partial charge in [0.2, 0.25) is 11.8 Å². The normalized spacial score (nSPS) is 11.3. The lowest BCUT2D eigenvalue weighted by molar-refractivity contribution is -0.116. The van der Waals surface area contributed by atoms with Crippen LogP contribution in [0.2, 0.25) is 0 Å². The van der Waals surface area contributed by atoms with Crippen molar-refractivity contribution in [2.24, 2.45) is 0 Å². The molecule has 2 amide bonds. The van der Waals surface area contributed by atoms with Crippen LogP contribution in [0, 0.1) is 0 Å². The molecule has 0 fully saturated rings. The van der Waals surface area contributed by atoms with E-state index in [1.54, 1.807) is 29.2 Å². The number of benzene rings is 1. The third kappa shape index (κ3) is 5.90. The van der Waals surface area contributed by atoms with Gasteiger partial charge in [-0.25, -0.2) is 0 Å². The standard InChI is InChI=1S/C21H30N4O3/c1-6-25(7-2)19(27)15-11-13-16(14-12-15)22-17(26)9-8-10-18-23-20(24-28-18)21(3,4)5/h11-14H,6-10H2,1-5H3,(H,22,26). The number of aryl methyl sites for hydroxylation is 1. The van der Waals surface area contributed by atoms with Crippen molar-refractivity contribution in [1.29, 1.82) is 0 Å². The SMILES string of the molecule is CCN(CC)C(=O)c1ccc(NC(=O)CCCc2nc(C(C)(C)C)no2)cc1. The highest BCUT2D eigenvalue weighted by Gasteiger charge is 2.20. The highest BCUT2D eigenvalue weighted by Crippen LogP contribution is 2.19. The number of aromatic nitrogens is 2. The molecular formula is C21H30N4O3. The van der Waals surface area contributed by atoms with E-state index < -0.39 is 0 Å². The lowest BCUT2D eigenvalue weighted by Gasteiger charge is -2.18. The molecule has 0 aliphatic heterocycles. The van der Waals surface area contributed by atoms with E-state index in [0.717, 1.165) is 0 Å². The Balaban J connectivity index is 1.81. The number of carbonyl (C=O) groups is 2. The monoisotopic (exact) mass is 386 g/mol. The predicted molar refractivity (Wildman–Crippen MR) is 108 cm³/mol. The largest absolute Gasteiger partial charge is 0.339 e. The van der Waals surface area contributed by atoms with Crippen LogP contribution >= 0.6 is 0 Å². The van der Waals surface area contributed by atoms with E-state index in [4.69, 9.17) is 4.52 Å². The molecule has 2 rings (SSSR count). The van der Waals surface area contributed by atoms with Gasteiger partial charge in [0.15, 0.2) is 5.82 Å². The van der Waals surface area contributed by atoms with Gasteiger partial charge in [0.1, 0.15) is 0 Å². The topological polar surface area (TPSA) is 88.3 Å². The second-order valence-corrected chi connectivity index (χ2v) is 7.72. The van der Waals surface area contributed by atoms with Crippen molar-refractivity contribution < 1.29 is 14.1 Å². The van der Waals surface area contributed by atoms with Gasteiger partial charge in [-0.2, -0.15) is 4.98 Å². The highest BCUT2D eigenvalue weighted by molar-refractivity contribution is 5.95. The molecule has 1 heterocycles. The van der Waals surface area contributed by atoms with Gasteiger partial charge in [-0.3, -0.25) is 9.59 Å². The van der Waals surface area contributed by atoms with Gasteiger partial charge in [0.25, 0.3) is 5.91 Å². The molecule has 7 nitrogen and oxygen atoms in total. The summed E-state index contributed by atoms with van der Waals surface area (Å²) < 4.78 is 5.24.